The van der Waals surface area contributed by atoms with Crippen molar-refractivity contribution in [2.45, 2.75) is 32.2 Å². The van der Waals surface area contributed by atoms with Crippen LogP contribution in [0.5, 0.6) is 0 Å². The summed E-state index contributed by atoms with van der Waals surface area (Å²) in [5, 5.41) is 0. The molecule has 0 amide bonds. The van der Waals surface area contributed by atoms with Gasteiger partial charge in [-0.1, -0.05) is 13.3 Å². The van der Waals surface area contributed by atoms with E-state index in [-0.39, 0.29) is 12.6 Å². The second-order valence-corrected chi connectivity index (χ2v) is 6.24. The monoisotopic (exact) mass is 237 g/mol. The third-order valence-electron chi connectivity index (χ3n) is 1.90. The number of carbonyl (C=O) groups excluding carboxylic acids is 1. The Labute approximate surface area is 90.4 Å². The van der Waals surface area contributed by atoms with E-state index < -0.39 is 19.4 Å². The number of nitrogens with two attached hydrogens (primary N) is 1. The quantitative estimate of drug-likeness (QED) is 0.391. The molecule has 0 aromatic carbocycles. The van der Waals surface area contributed by atoms with Crippen molar-refractivity contribution in [1.82, 2.24) is 0 Å². The lowest BCUT2D eigenvalue weighted by atomic mass is 10.2. The Balaban J connectivity index is 3.74. The highest BCUT2D eigenvalue weighted by Crippen LogP contribution is 2.35. The number of hydrogen-bond acceptors (Lipinski definition) is 4. The molecule has 0 aliphatic carbocycles. The third kappa shape index (κ3) is 8.60. The van der Waals surface area contributed by atoms with E-state index >= 15 is 0 Å². The minimum Gasteiger partial charge on any atom is -0.465 e. The van der Waals surface area contributed by atoms with Crippen LogP contribution < -0.4 is 5.73 Å². The van der Waals surface area contributed by atoms with E-state index in [1.165, 1.54) is 6.66 Å². The van der Waals surface area contributed by atoms with Crippen LogP contribution in [0.1, 0.15) is 26.2 Å². The van der Waals surface area contributed by atoms with Crippen molar-refractivity contribution in [3.8, 4) is 0 Å². The van der Waals surface area contributed by atoms with Crippen molar-refractivity contribution in [2.24, 2.45) is 5.73 Å². The van der Waals surface area contributed by atoms with Crippen molar-refractivity contribution < 1.29 is 19.0 Å². The average molecular weight is 237 g/mol. The van der Waals surface area contributed by atoms with Gasteiger partial charge >= 0.3 is 5.97 Å². The van der Waals surface area contributed by atoms with E-state index in [4.69, 9.17) is 15.4 Å². The summed E-state index contributed by atoms with van der Waals surface area (Å²) < 4.78 is 15.8. The fourth-order valence-electron chi connectivity index (χ4n) is 0.921. The zero-order valence-corrected chi connectivity index (χ0v) is 10.2. The first-order chi connectivity index (χ1) is 6.87. The second-order valence-electron chi connectivity index (χ2n) is 3.69. The normalized spacial score (nSPS) is 16.8. The molecule has 0 aromatic heterocycles. The first-order valence-electron chi connectivity index (χ1n) is 5.08. The summed E-state index contributed by atoms with van der Waals surface area (Å²) in [5.41, 5.74) is 5.50. The Hall–Kier alpha value is -0.380. The van der Waals surface area contributed by atoms with Crippen LogP contribution in [-0.2, 0) is 14.1 Å². The van der Waals surface area contributed by atoms with Crippen molar-refractivity contribution in [3.05, 3.63) is 0 Å². The van der Waals surface area contributed by atoms with Crippen molar-refractivity contribution >= 4 is 13.3 Å². The van der Waals surface area contributed by atoms with Crippen LogP contribution in [0.3, 0.4) is 0 Å². The fraction of sp³-hybridized carbons (Fsp3) is 0.889. The predicted molar refractivity (Wildman–Crippen MR) is 59.1 cm³/mol. The SMILES string of the molecule is CCCCOC(=O)[C@@H](N)CCP(C)(=O)O. The molecule has 0 bridgehead atoms. The molecule has 0 fully saturated rings. The molecule has 15 heavy (non-hydrogen) atoms. The van der Waals surface area contributed by atoms with E-state index in [1.807, 2.05) is 6.92 Å². The molecule has 5 nitrogen and oxygen atoms in total. The minimum atomic E-state index is -3.08. The smallest absolute Gasteiger partial charge is 0.322 e. The summed E-state index contributed by atoms with van der Waals surface area (Å²) in [6.45, 7) is 3.61. The summed E-state index contributed by atoms with van der Waals surface area (Å²) in [5.74, 6) is -0.489. The maximum absolute atomic E-state index is 11.2. The van der Waals surface area contributed by atoms with Gasteiger partial charge in [0.05, 0.1) is 6.61 Å². The summed E-state index contributed by atoms with van der Waals surface area (Å²) in [6, 6.07) is -0.790. The van der Waals surface area contributed by atoms with Gasteiger partial charge in [-0.25, -0.2) is 0 Å². The molecule has 3 N–H and O–H groups in total. The fourth-order valence-corrected chi connectivity index (χ4v) is 1.68. The van der Waals surface area contributed by atoms with Crippen LogP contribution in [-0.4, -0.2) is 36.3 Å². The molecule has 0 radical (unpaired) electrons. The van der Waals surface area contributed by atoms with E-state index in [1.54, 1.807) is 0 Å². The highest BCUT2D eigenvalue weighted by Gasteiger charge is 2.19. The Morgan fingerprint density at radius 1 is 1.60 bits per heavy atom. The molecule has 0 saturated carbocycles. The van der Waals surface area contributed by atoms with E-state index in [9.17, 15) is 9.36 Å². The van der Waals surface area contributed by atoms with Gasteiger partial charge < -0.3 is 15.4 Å². The van der Waals surface area contributed by atoms with Gasteiger partial charge in [0.2, 0.25) is 0 Å². The van der Waals surface area contributed by atoms with Crippen molar-refractivity contribution in [1.29, 1.82) is 0 Å². The second kappa shape index (κ2) is 6.99. The zero-order chi connectivity index (χ0) is 11.9. The Morgan fingerprint density at radius 2 is 2.20 bits per heavy atom. The standard InChI is InChI=1S/C9H20NO4P/c1-3-4-6-14-9(11)8(10)5-7-15(2,12)13/h8H,3-7,10H2,1-2H3,(H,12,13)/t8-/m0/s1. The third-order valence-corrected chi connectivity index (χ3v) is 2.99. The van der Waals surface area contributed by atoms with Crippen LogP contribution in [0.2, 0.25) is 0 Å². The van der Waals surface area contributed by atoms with Gasteiger partial charge in [0, 0.05) is 12.8 Å². The van der Waals surface area contributed by atoms with Gasteiger partial charge in [0.1, 0.15) is 6.04 Å². The average Bonchev–Trinajstić information content (AvgIpc) is 2.13. The number of carbonyl (C=O) groups is 1. The van der Waals surface area contributed by atoms with E-state index in [0.717, 1.165) is 12.8 Å². The molecule has 0 aliphatic heterocycles. The molecule has 1 unspecified atom stereocenters. The molecule has 0 heterocycles. The summed E-state index contributed by atoms with van der Waals surface area (Å²) in [4.78, 5) is 20.2. The molecular weight excluding hydrogens is 217 g/mol. The Bertz CT molecular complexity index is 238. The van der Waals surface area contributed by atoms with Gasteiger partial charge in [-0.05, 0) is 12.8 Å². The van der Waals surface area contributed by atoms with Crippen LogP contribution in [0.4, 0.5) is 0 Å². The number of ether oxygens (including phenoxy) is 1. The Morgan fingerprint density at radius 3 is 2.67 bits per heavy atom. The summed E-state index contributed by atoms with van der Waals surface area (Å²) >= 11 is 0. The lowest BCUT2D eigenvalue weighted by Gasteiger charge is -2.12. The Kier molecular flexibility index (Phi) is 6.81. The van der Waals surface area contributed by atoms with Crippen LogP contribution in [0.25, 0.3) is 0 Å². The topological polar surface area (TPSA) is 89.6 Å². The summed E-state index contributed by atoms with van der Waals surface area (Å²) in [7, 11) is -3.08. The lowest BCUT2D eigenvalue weighted by molar-refractivity contribution is -0.145. The van der Waals surface area contributed by atoms with Crippen molar-refractivity contribution in [2.75, 3.05) is 19.4 Å². The molecule has 0 rings (SSSR count). The summed E-state index contributed by atoms with van der Waals surface area (Å²) in [6.07, 6.45) is 2.00. The van der Waals surface area contributed by atoms with E-state index in [2.05, 4.69) is 0 Å². The number of esters is 1. The number of hydrogen-bond donors (Lipinski definition) is 2. The zero-order valence-electron chi connectivity index (χ0n) is 9.31. The number of rotatable bonds is 7. The van der Waals surface area contributed by atoms with Gasteiger partial charge in [-0.2, -0.15) is 0 Å². The molecule has 2 atom stereocenters. The maximum Gasteiger partial charge on any atom is 0.322 e. The maximum atomic E-state index is 11.2. The van der Waals surface area contributed by atoms with Gasteiger partial charge in [0.15, 0.2) is 7.37 Å². The van der Waals surface area contributed by atoms with Gasteiger partial charge in [0.25, 0.3) is 0 Å². The molecule has 6 heteroatoms. The molecule has 0 saturated heterocycles. The number of unbranched alkanes of at least 4 members (excludes halogenated alkanes) is 1. The first kappa shape index (κ1) is 14.6. The predicted octanol–water partition coefficient (Wildman–Crippen LogP) is 0.947. The van der Waals surface area contributed by atoms with Gasteiger partial charge in [-0.3, -0.25) is 9.36 Å². The molecule has 0 aromatic rings. The molecule has 0 aliphatic rings. The highest BCUT2D eigenvalue weighted by atomic mass is 31.2. The first-order valence-corrected chi connectivity index (χ1v) is 7.37. The van der Waals surface area contributed by atoms with E-state index in [0.29, 0.717) is 6.61 Å². The minimum absolute atomic E-state index is 0.0526. The van der Waals surface area contributed by atoms with Crippen LogP contribution in [0.15, 0.2) is 0 Å². The van der Waals surface area contributed by atoms with Gasteiger partial charge in [-0.15, -0.1) is 0 Å². The highest BCUT2D eigenvalue weighted by molar-refractivity contribution is 7.57. The van der Waals surface area contributed by atoms with Crippen LogP contribution >= 0.6 is 7.37 Å². The molecule has 0 spiro atoms. The largest absolute Gasteiger partial charge is 0.465 e. The lowest BCUT2D eigenvalue weighted by Crippen LogP contribution is -2.33. The van der Waals surface area contributed by atoms with Crippen molar-refractivity contribution in [3.63, 3.8) is 0 Å². The van der Waals surface area contributed by atoms with Crippen LogP contribution in [0, 0.1) is 0 Å². The molecule has 90 valence electrons. The molecular formula is C9H20NO4P.